The van der Waals surface area contributed by atoms with Crippen LogP contribution in [0.15, 0.2) is 24.3 Å². The van der Waals surface area contributed by atoms with Gasteiger partial charge in [-0.3, -0.25) is 0 Å². The normalized spacial score (nSPS) is 19.8. The van der Waals surface area contributed by atoms with Gasteiger partial charge in [0.2, 0.25) is 0 Å². The lowest BCUT2D eigenvalue weighted by Gasteiger charge is -2.14. The Bertz CT molecular complexity index is 244. The summed E-state index contributed by atoms with van der Waals surface area (Å²) in [4.78, 5) is 0. The molecule has 0 aliphatic heterocycles. The van der Waals surface area contributed by atoms with E-state index in [0.717, 1.165) is 12.8 Å². The molecule has 0 spiro atoms. The van der Waals surface area contributed by atoms with Gasteiger partial charge in [0, 0.05) is 0 Å². The fourth-order valence-electron chi connectivity index (χ4n) is 1.88. The molecule has 1 aromatic carbocycles. The molecule has 1 aliphatic rings. The Kier molecular flexibility index (Phi) is 1.32. The van der Waals surface area contributed by atoms with Gasteiger partial charge < -0.3 is 0 Å². The molecule has 0 atom stereocenters. The minimum Gasteiger partial charge on any atom is -0.0620 e. The molecule has 0 saturated heterocycles. The van der Waals surface area contributed by atoms with Crippen LogP contribution in [0.5, 0.6) is 0 Å². The second-order valence-corrected chi connectivity index (χ2v) is 3.93. The molecule has 1 radical (unpaired) electrons. The number of benzene rings is 1. The third-order valence-electron chi connectivity index (χ3n) is 2.35. The zero-order chi connectivity index (χ0) is 7.90. The number of rotatable bonds is 0. The van der Waals surface area contributed by atoms with Gasteiger partial charge in [0.15, 0.2) is 0 Å². The molecule has 0 N–H and O–H groups in total. The number of hydrogen-bond acceptors (Lipinski definition) is 0. The number of hydrogen-bond donors (Lipinski definition) is 0. The van der Waals surface area contributed by atoms with E-state index >= 15 is 0 Å². The van der Waals surface area contributed by atoms with Gasteiger partial charge in [0.25, 0.3) is 0 Å². The first-order valence-corrected chi connectivity index (χ1v) is 4.10. The molecule has 0 nitrogen and oxygen atoms in total. The summed E-state index contributed by atoms with van der Waals surface area (Å²) < 4.78 is 0. The summed E-state index contributed by atoms with van der Waals surface area (Å²) in [6.45, 7) is 6.41. The zero-order valence-corrected chi connectivity index (χ0v) is 6.93. The molecule has 1 aromatic rings. The van der Waals surface area contributed by atoms with Crippen LogP contribution >= 0.6 is 0 Å². The lowest BCUT2D eigenvalue weighted by molar-refractivity contribution is 0.453. The van der Waals surface area contributed by atoms with Crippen LogP contribution in [0, 0.1) is 12.3 Å². The molecule has 0 fully saturated rings. The highest BCUT2D eigenvalue weighted by molar-refractivity contribution is 5.34. The van der Waals surface area contributed by atoms with Crippen LogP contribution in [-0.2, 0) is 12.8 Å². The summed E-state index contributed by atoms with van der Waals surface area (Å²) >= 11 is 0. The average Bonchev–Trinajstić information content (AvgIpc) is 2.21. The molecule has 0 heterocycles. The Morgan fingerprint density at radius 3 is 2.09 bits per heavy atom. The lowest BCUT2D eigenvalue weighted by Crippen LogP contribution is -2.10. The Morgan fingerprint density at radius 2 is 1.64 bits per heavy atom. The largest absolute Gasteiger partial charge is 0.0620 e. The van der Waals surface area contributed by atoms with Crippen molar-refractivity contribution in [3.05, 3.63) is 42.3 Å². The maximum absolute atomic E-state index is 4.18. The third-order valence-corrected chi connectivity index (χ3v) is 2.35. The van der Waals surface area contributed by atoms with Gasteiger partial charge in [-0.15, -0.1) is 0 Å². The summed E-state index contributed by atoms with van der Waals surface area (Å²) in [6.07, 6.45) is 2.28. The van der Waals surface area contributed by atoms with Gasteiger partial charge >= 0.3 is 0 Å². The van der Waals surface area contributed by atoms with Crippen LogP contribution in [0.4, 0.5) is 0 Å². The average molecular weight is 145 g/mol. The second kappa shape index (κ2) is 2.10. The van der Waals surface area contributed by atoms with Crippen molar-refractivity contribution < 1.29 is 0 Å². The van der Waals surface area contributed by atoms with E-state index in [4.69, 9.17) is 0 Å². The molecule has 11 heavy (non-hydrogen) atoms. The van der Waals surface area contributed by atoms with E-state index < -0.39 is 0 Å². The minimum absolute atomic E-state index is 0.254. The second-order valence-electron chi connectivity index (χ2n) is 3.93. The summed E-state index contributed by atoms with van der Waals surface area (Å²) in [5, 5.41) is 0. The van der Waals surface area contributed by atoms with Crippen molar-refractivity contribution >= 4 is 0 Å². The van der Waals surface area contributed by atoms with E-state index in [1.54, 1.807) is 0 Å². The molecule has 0 aromatic heterocycles. The first-order chi connectivity index (χ1) is 5.17. The smallest absolute Gasteiger partial charge is 0.0219 e. The van der Waals surface area contributed by atoms with Crippen molar-refractivity contribution in [2.75, 3.05) is 0 Å². The zero-order valence-electron chi connectivity index (χ0n) is 6.93. The SMILES string of the molecule is [CH2]C1(C)Cc2ccccc2C1. The van der Waals surface area contributed by atoms with Crippen molar-refractivity contribution in [1.29, 1.82) is 0 Å². The summed E-state index contributed by atoms with van der Waals surface area (Å²) in [5.74, 6) is 0. The Morgan fingerprint density at radius 1 is 1.18 bits per heavy atom. The lowest BCUT2D eigenvalue weighted by atomic mass is 9.90. The highest BCUT2D eigenvalue weighted by Crippen LogP contribution is 2.35. The maximum Gasteiger partial charge on any atom is -0.0219 e. The molecule has 2 rings (SSSR count). The summed E-state index contributed by atoms with van der Waals surface area (Å²) in [5.41, 5.74) is 3.24. The first kappa shape index (κ1) is 6.90. The van der Waals surface area contributed by atoms with Crippen molar-refractivity contribution in [2.24, 2.45) is 5.41 Å². The highest BCUT2D eigenvalue weighted by Gasteiger charge is 2.27. The van der Waals surface area contributed by atoms with Crippen molar-refractivity contribution in [3.8, 4) is 0 Å². The van der Waals surface area contributed by atoms with Crippen LogP contribution < -0.4 is 0 Å². The van der Waals surface area contributed by atoms with Crippen LogP contribution in [0.2, 0.25) is 0 Å². The molecule has 0 heteroatoms. The van der Waals surface area contributed by atoms with E-state index in [-0.39, 0.29) is 5.41 Å². The highest BCUT2D eigenvalue weighted by atomic mass is 14.3. The van der Waals surface area contributed by atoms with Crippen LogP contribution in [0.25, 0.3) is 0 Å². The molecule has 1 aliphatic carbocycles. The van der Waals surface area contributed by atoms with Gasteiger partial charge in [0.05, 0.1) is 0 Å². The van der Waals surface area contributed by atoms with Crippen LogP contribution in [0.1, 0.15) is 18.1 Å². The monoisotopic (exact) mass is 145 g/mol. The maximum atomic E-state index is 4.18. The van der Waals surface area contributed by atoms with Crippen LogP contribution in [0.3, 0.4) is 0 Å². The molecular weight excluding hydrogens is 132 g/mol. The molecule has 0 amide bonds. The van der Waals surface area contributed by atoms with Gasteiger partial charge in [-0.1, -0.05) is 31.2 Å². The fourth-order valence-corrected chi connectivity index (χ4v) is 1.88. The summed E-state index contributed by atoms with van der Waals surface area (Å²) in [6, 6.07) is 8.65. The van der Waals surface area contributed by atoms with Crippen molar-refractivity contribution in [1.82, 2.24) is 0 Å². The summed E-state index contributed by atoms with van der Waals surface area (Å²) in [7, 11) is 0. The Balaban J connectivity index is 2.41. The number of fused-ring (bicyclic) bond motifs is 1. The van der Waals surface area contributed by atoms with Gasteiger partial charge in [-0.05, 0) is 36.3 Å². The quantitative estimate of drug-likeness (QED) is 0.526. The molecular formula is C11H13. The third kappa shape index (κ3) is 1.18. The van der Waals surface area contributed by atoms with Gasteiger partial charge in [-0.25, -0.2) is 0 Å². The molecule has 57 valence electrons. The predicted molar refractivity (Wildman–Crippen MR) is 47.3 cm³/mol. The Labute approximate surface area is 68.3 Å². The van der Waals surface area contributed by atoms with E-state index in [1.807, 2.05) is 0 Å². The first-order valence-electron chi connectivity index (χ1n) is 4.10. The fraction of sp³-hybridized carbons (Fsp3) is 0.364. The topological polar surface area (TPSA) is 0 Å². The van der Waals surface area contributed by atoms with E-state index in [0.29, 0.717) is 0 Å². The van der Waals surface area contributed by atoms with Gasteiger partial charge in [-0.2, -0.15) is 0 Å². The Hall–Kier alpha value is -0.780. The standard InChI is InChI=1S/C11H13/c1-11(2)7-9-5-3-4-6-10(9)8-11/h3-6H,1,7-8H2,2H3. The van der Waals surface area contributed by atoms with Crippen molar-refractivity contribution in [2.45, 2.75) is 19.8 Å². The van der Waals surface area contributed by atoms with Gasteiger partial charge in [0.1, 0.15) is 0 Å². The molecule has 0 saturated carbocycles. The van der Waals surface area contributed by atoms with E-state index in [2.05, 4.69) is 38.1 Å². The molecule has 0 unspecified atom stereocenters. The van der Waals surface area contributed by atoms with Crippen LogP contribution in [-0.4, -0.2) is 0 Å². The van der Waals surface area contributed by atoms with E-state index in [1.165, 1.54) is 11.1 Å². The van der Waals surface area contributed by atoms with Crippen molar-refractivity contribution in [3.63, 3.8) is 0 Å². The molecule has 0 bridgehead atoms. The minimum atomic E-state index is 0.254. The van der Waals surface area contributed by atoms with E-state index in [9.17, 15) is 0 Å². The predicted octanol–water partition coefficient (Wildman–Crippen LogP) is 2.63.